The van der Waals surface area contributed by atoms with Crippen molar-refractivity contribution in [3.63, 3.8) is 0 Å². The fourth-order valence-corrected chi connectivity index (χ4v) is 57.3. The second-order valence-corrected chi connectivity index (χ2v) is 62.1. The van der Waals surface area contributed by atoms with E-state index in [1.807, 2.05) is 0 Å². The van der Waals surface area contributed by atoms with Gasteiger partial charge in [0.05, 0.1) is 11.3 Å². The molecule has 318 valence electrons. The van der Waals surface area contributed by atoms with E-state index in [4.69, 9.17) is 9.68 Å². The molecule has 59 heavy (non-hydrogen) atoms. The quantitative estimate of drug-likeness (QED) is 0.137. The molecule has 6 rings (SSSR count). The summed E-state index contributed by atoms with van der Waals surface area (Å²) in [5, 5.41) is 10.4. The molecule has 0 bridgehead atoms. The molecule has 0 spiro atoms. The van der Waals surface area contributed by atoms with Gasteiger partial charge in [0.15, 0.2) is 0 Å². The standard InChI is InChI=1S/C50H79NOSi7/c1-34-30-35(2)44(36(3)31-34)45-47-40-28-23-22-26-38(40)39-27-24-25-29-43(39)59(47,52-51-45)46-41(49(55(10,11)12)56(13,14)15)32-37(48(53(4,5)6)54(7,8)9)33-42(46)50(57(16,17)18)58(19,20)21/h22-33,47-50H,1-21H3. The topological polar surface area (TPSA) is 21.6 Å². The zero-order valence-corrected chi connectivity index (χ0v) is 48.1. The molecule has 2 nitrogen and oxygen atoms in total. The van der Waals surface area contributed by atoms with Gasteiger partial charge in [-0.05, 0) is 91.1 Å². The number of hydrogen-bond acceptors (Lipinski definition) is 2. The van der Waals surface area contributed by atoms with Crippen LogP contribution in [0.25, 0.3) is 11.1 Å². The lowest BCUT2D eigenvalue weighted by atomic mass is 9.89. The number of nitrogens with zero attached hydrogens (tertiary/aromatic N) is 1. The second kappa shape index (κ2) is 15.3. The number of benzene rings is 4. The maximum atomic E-state index is 7.89. The molecular formula is C50H79NOSi7. The predicted molar refractivity (Wildman–Crippen MR) is 283 cm³/mol. The summed E-state index contributed by atoms with van der Waals surface area (Å²) in [6.45, 7) is 55.1. The largest absolute Gasteiger partial charge is 0.442 e. The van der Waals surface area contributed by atoms with Crippen molar-refractivity contribution in [2.75, 3.05) is 0 Å². The van der Waals surface area contributed by atoms with Gasteiger partial charge in [0.1, 0.15) is 0 Å². The van der Waals surface area contributed by atoms with E-state index in [-0.39, 0.29) is 5.54 Å². The van der Waals surface area contributed by atoms with Crippen LogP contribution in [0, 0.1) is 20.8 Å². The molecule has 2 atom stereocenters. The van der Waals surface area contributed by atoms with E-state index in [9.17, 15) is 0 Å². The summed E-state index contributed by atoms with van der Waals surface area (Å²) in [4.78, 5) is 0. The van der Waals surface area contributed by atoms with Gasteiger partial charge in [-0.15, -0.1) is 5.16 Å². The van der Waals surface area contributed by atoms with E-state index in [1.54, 1.807) is 21.9 Å². The Balaban J connectivity index is 1.95. The van der Waals surface area contributed by atoms with Crippen molar-refractivity contribution in [1.82, 2.24) is 0 Å². The number of rotatable bonds is 11. The van der Waals surface area contributed by atoms with Gasteiger partial charge in [0.2, 0.25) is 0 Å². The Morgan fingerprint density at radius 1 is 0.508 bits per heavy atom. The highest BCUT2D eigenvalue weighted by atomic mass is 28.4. The summed E-state index contributed by atoms with van der Waals surface area (Å²) < 4.78 is 7.89. The summed E-state index contributed by atoms with van der Waals surface area (Å²) in [6, 6.07) is 29.3. The maximum absolute atomic E-state index is 7.89. The van der Waals surface area contributed by atoms with Gasteiger partial charge in [0.25, 0.3) is 0 Å². The lowest BCUT2D eigenvalue weighted by Crippen LogP contribution is -2.69. The molecule has 2 aliphatic rings. The van der Waals surface area contributed by atoms with Crippen molar-refractivity contribution in [3.8, 4) is 11.1 Å². The molecule has 4 aromatic rings. The molecule has 0 aliphatic carbocycles. The highest BCUT2D eigenvalue weighted by Crippen LogP contribution is 2.51. The van der Waals surface area contributed by atoms with Gasteiger partial charge in [0, 0.05) is 54.0 Å². The number of oxime groups is 1. The molecule has 0 radical (unpaired) electrons. The van der Waals surface area contributed by atoms with Gasteiger partial charge in [-0.3, -0.25) is 0 Å². The van der Waals surface area contributed by atoms with Crippen LogP contribution in [0.2, 0.25) is 118 Å². The van der Waals surface area contributed by atoms with Crippen molar-refractivity contribution in [3.05, 3.63) is 117 Å². The molecule has 0 N–H and O–H groups in total. The molecule has 2 heterocycles. The van der Waals surface area contributed by atoms with Crippen LogP contribution in [-0.4, -0.2) is 62.5 Å². The third-order valence-electron chi connectivity index (χ3n) is 13.5. The molecule has 0 saturated carbocycles. The predicted octanol–water partition coefficient (Wildman–Crippen LogP) is 13.9. The molecule has 0 fully saturated rings. The molecule has 0 aromatic heterocycles. The van der Waals surface area contributed by atoms with Gasteiger partial charge in [-0.1, -0.05) is 196 Å². The molecular weight excluding hydrogens is 827 g/mol. The highest BCUT2D eigenvalue weighted by molar-refractivity contribution is 7.05. The average Bonchev–Trinajstić information content (AvgIpc) is 3.41. The van der Waals surface area contributed by atoms with E-state index < -0.39 is 56.8 Å². The molecule has 9 heteroatoms. The van der Waals surface area contributed by atoms with Crippen LogP contribution in [-0.2, 0) is 4.53 Å². The van der Waals surface area contributed by atoms with Crippen molar-refractivity contribution in [2.45, 2.75) is 160 Å². The summed E-state index contributed by atoms with van der Waals surface area (Å²) in [6.07, 6.45) is 0. The van der Waals surface area contributed by atoms with Crippen LogP contribution in [0.4, 0.5) is 0 Å². The molecule has 2 unspecified atom stereocenters. The summed E-state index contributed by atoms with van der Waals surface area (Å²) in [7, 11) is -13.9. The molecule has 4 aromatic carbocycles. The third-order valence-corrected chi connectivity index (χ3v) is 45.8. The zero-order chi connectivity index (χ0) is 44.2. The van der Waals surface area contributed by atoms with Crippen molar-refractivity contribution in [1.29, 1.82) is 0 Å². The van der Waals surface area contributed by atoms with Gasteiger partial charge >= 0.3 is 8.32 Å². The van der Waals surface area contributed by atoms with Gasteiger partial charge in [-0.25, -0.2) is 0 Å². The van der Waals surface area contributed by atoms with E-state index in [1.165, 1.54) is 44.1 Å². The minimum absolute atomic E-state index is 0.0367. The van der Waals surface area contributed by atoms with Crippen LogP contribution >= 0.6 is 0 Å². The number of hydrogen-bond donors (Lipinski definition) is 0. The van der Waals surface area contributed by atoms with Crippen LogP contribution < -0.4 is 10.4 Å². The van der Waals surface area contributed by atoms with Crippen LogP contribution in [0.1, 0.15) is 65.5 Å². The number of fused-ring (bicyclic) bond motifs is 6. The van der Waals surface area contributed by atoms with Crippen molar-refractivity contribution < 1.29 is 4.53 Å². The Morgan fingerprint density at radius 3 is 1.36 bits per heavy atom. The van der Waals surface area contributed by atoms with E-state index >= 15 is 0 Å². The first kappa shape index (κ1) is 46.4. The molecule has 0 amide bonds. The fraction of sp³-hybridized carbons (Fsp3) is 0.500. The molecule has 0 saturated heterocycles. The third kappa shape index (κ3) is 8.29. The van der Waals surface area contributed by atoms with Crippen LogP contribution in [0.5, 0.6) is 0 Å². The average molecular weight is 907 g/mol. The first-order valence-corrected chi connectivity index (χ1v) is 46.0. The molecule has 2 aliphatic heterocycles. The van der Waals surface area contributed by atoms with Crippen molar-refractivity contribution in [2.24, 2.45) is 5.16 Å². The Kier molecular flexibility index (Phi) is 12.0. The Morgan fingerprint density at radius 2 is 0.915 bits per heavy atom. The van der Waals surface area contributed by atoms with Crippen LogP contribution in [0.15, 0.2) is 78.0 Å². The minimum Gasteiger partial charge on any atom is -0.442 e. The Bertz CT molecular complexity index is 2170. The lowest BCUT2D eigenvalue weighted by Gasteiger charge is -2.49. The lowest BCUT2D eigenvalue weighted by molar-refractivity contribution is 0.353. The summed E-state index contributed by atoms with van der Waals surface area (Å²) in [5.74, 6) is 0. The number of aryl methyl sites for hydroxylation is 3. The summed E-state index contributed by atoms with van der Waals surface area (Å²) >= 11 is 0. The van der Waals surface area contributed by atoms with E-state index in [2.05, 4.69) is 211 Å². The normalized spacial score (nSPS) is 18.8. The smallest absolute Gasteiger partial charge is 0.363 e. The van der Waals surface area contributed by atoms with Crippen molar-refractivity contribution >= 4 is 72.8 Å². The first-order chi connectivity index (χ1) is 26.8. The van der Waals surface area contributed by atoms with E-state index in [0.717, 1.165) is 5.71 Å². The monoisotopic (exact) mass is 905 g/mol. The first-order valence-electron chi connectivity index (χ1n) is 22.5. The van der Waals surface area contributed by atoms with Gasteiger partial charge < -0.3 is 4.53 Å². The highest BCUT2D eigenvalue weighted by Gasteiger charge is 2.64. The fourth-order valence-electron chi connectivity index (χ4n) is 13.7. The second-order valence-electron chi connectivity index (χ2n) is 25.2. The SMILES string of the molecule is Cc1cc(C)c(C2=NO[Si]3(c4c(C([Si](C)(C)C)[Si](C)(C)C)cc(C([Si](C)(C)C)[Si](C)(C)C)cc4C([Si](C)(C)C)[Si](C)(C)C)c4ccccc4-c4ccccc4C23)c(C)c1. The summed E-state index contributed by atoms with van der Waals surface area (Å²) in [5.41, 5.74) is 15.6. The van der Waals surface area contributed by atoms with Crippen LogP contribution in [0.3, 0.4) is 0 Å². The van der Waals surface area contributed by atoms with Gasteiger partial charge in [-0.2, -0.15) is 0 Å². The van der Waals surface area contributed by atoms with E-state index in [0.29, 0.717) is 15.5 Å². The minimum atomic E-state index is -3.27. The maximum Gasteiger partial charge on any atom is 0.363 e. The zero-order valence-electron chi connectivity index (χ0n) is 41.1. The Hall–Kier alpha value is -2.13. The Labute approximate surface area is 368 Å².